The van der Waals surface area contributed by atoms with E-state index in [2.05, 4.69) is 10.1 Å². The molecular weight excluding hydrogens is 434 g/mol. The summed E-state index contributed by atoms with van der Waals surface area (Å²) in [6.07, 6.45) is 0. The van der Waals surface area contributed by atoms with Crippen molar-refractivity contribution in [3.63, 3.8) is 0 Å². The van der Waals surface area contributed by atoms with Crippen molar-refractivity contribution >= 4 is 28.9 Å². The number of thiazole rings is 1. The lowest BCUT2D eigenvalue weighted by Crippen LogP contribution is -2.07. The zero-order chi connectivity index (χ0) is 21.8. The van der Waals surface area contributed by atoms with Gasteiger partial charge in [0.15, 0.2) is 0 Å². The van der Waals surface area contributed by atoms with Gasteiger partial charge < -0.3 is 9.47 Å². The molecule has 2 aromatic carbocycles. The third-order valence-electron chi connectivity index (χ3n) is 4.68. The van der Waals surface area contributed by atoms with Crippen molar-refractivity contribution in [2.24, 2.45) is 0 Å². The molecule has 2 heterocycles. The maximum Gasteiger partial charge on any atom is 0.343 e. The van der Waals surface area contributed by atoms with E-state index in [9.17, 15) is 4.79 Å². The van der Waals surface area contributed by atoms with Crippen molar-refractivity contribution in [1.82, 2.24) is 14.8 Å². The van der Waals surface area contributed by atoms with E-state index in [1.807, 2.05) is 60.0 Å². The van der Waals surface area contributed by atoms with Crippen molar-refractivity contribution in [3.8, 4) is 16.3 Å². The molecule has 0 unspecified atom stereocenters. The first kappa shape index (κ1) is 21.1. The molecule has 0 saturated heterocycles. The number of para-hydroxylation sites is 1. The lowest BCUT2D eigenvalue weighted by molar-refractivity contribution is 0.0467. The van der Waals surface area contributed by atoms with Crippen molar-refractivity contribution in [1.29, 1.82) is 0 Å². The Balaban J connectivity index is 1.46. The van der Waals surface area contributed by atoms with E-state index in [4.69, 9.17) is 21.1 Å². The van der Waals surface area contributed by atoms with Crippen LogP contribution in [0, 0.1) is 6.92 Å². The van der Waals surface area contributed by atoms with Gasteiger partial charge in [0, 0.05) is 5.38 Å². The smallest absolute Gasteiger partial charge is 0.343 e. The molecule has 6 nitrogen and oxygen atoms in total. The highest BCUT2D eigenvalue weighted by Gasteiger charge is 2.22. The Bertz CT molecular complexity index is 1200. The summed E-state index contributed by atoms with van der Waals surface area (Å²) in [6, 6.07) is 17.5. The molecule has 4 rings (SSSR count). The topological polar surface area (TPSA) is 66.2 Å². The highest BCUT2D eigenvalue weighted by molar-refractivity contribution is 7.13. The fourth-order valence-corrected chi connectivity index (χ4v) is 4.32. The average molecular weight is 454 g/mol. The van der Waals surface area contributed by atoms with Crippen LogP contribution in [0.4, 0.5) is 0 Å². The largest absolute Gasteiger partial charge is 0.496 e. The van der Waals surface area contributed by atoms with Crippen LogP contribution in [0.3, 0.4) is 0 Å². The number of carbonyl (C=O) groups excluding carboxylic acids is 1. The van der Waals surface area contributed by atoms with Gasteiger partial charge in [0.2, 0.25) is 0 Å². The van der Waals surface area contributed by atoms with Gasteiger partial charge >= 0.3 is 5.97 Å². The molecule has 0 aliphatic heterocycles. The van der Waals surface area contributed by atoms with E-state index >= 15 is 0 Å². The summed E-state index contributed by atoms with van der Waals surface area (Å²) >= 11 is 7.91. The van der Waals surface area contributed by atoms with Gasteiger partial charge in [-0.15, -0.1) is 11.3 Å². The lowest BCUT2D eigenvalue weighted by Gasteiger charge is -2.05. The van der Waals surface area contributed by atoms with Gasteiger partial charge in [-0.2, -0.15) is 5.10 Å². The number of nitrogens with zero attached hydrogens (tertiary/aromatic N) is 3. The second-order valence-corrected chi connectivity index (χ2v) is 8.03. The summed E-state index contributed by atoms with van der Waals surface area (Å²) < 4.78 is 12.5. The predicted octanol–water partition coefficient (Wildman–Crippen LogP) is 5.38. The van der Waals surface area contributed by atoms with E-state index in [1.54, 1.807) is 18.7 Å². The number of methoxy groups -OCH3 is 1. The van der Waals surface area contributed by atoms with Gasteiger partial charge in [-0.1, -0.05) is 54.1 Å². The molecule has 0 aliphatic carbocycles. The number of benzene rings is 2. The van der Waals surface area contributed by atoms with Crippen LogP contribution in [0.5, 0.6) is 5.75 Å². The van der Waals surface area contributed by atoms with Gasteiger partial charge in [0.05, 0.1) is 30.6 Å². The summed E-state index contributed by atoms with van der Waals surface area (Å²) in [4.78, 5) is 17.3. The van der Waals surface area contributed by atoms with Crippen LogP contribution in [-0.4, -0.2) is 27.8 Å². The second-order valence-electron chi connectivity index (χ2n) is 6.81. The van der Waals surface area contributed by atoms with E-state index < -0.39 is 5.97 Å². The Kier molecular flexibility index (Phi) is 6.34. The van der Waals surface area contributed by atoms with Crippen molar-refractivity contribution in [2.75, 3.05) is 7.11 Å². The number of carbonyl (C=O) groups is 1. The molecule has 0 atom stereocenters. The fourth-order valence-electron chi connectivity index (χ4n) is 3.18. The van der Waals surface area contributed by atoms with Crippen molar-refractivity contribution < 1.29 is 14.3 Å². The number of hydrogen-bond donors (Lipinski definition) is 0. The molecule has 0 radical (unpaired) electrons. The maximum atomic E-state index is 12.7. The van der Waals surface area contributed by atoms with Crippen LogP contribution in [0.2, 0.25) is 5.15 Å². The number of esters is 1. The van der Waals surface area contributed by atoms with E-state index in [-0.39, 0.29) is 17.3 Å². The number of aromatic nitrogens is 3. The van der Waals surface area contributed by atoms with Crippen molar-refractivity contribution in [2.45, 2.75) is 20.1 Å². The third kappa shape index (κ3) is 4.62. The minimum absolute atomic E-state index is 0.0458. The molecular formula is C23H20ClN3O3S. The van der Waals surface area contributed by atoms with Gasteiger partial charge in [-0.25, -0.2) is 14.5 Å². The third-order valence-corrected chi connectivity index (χ3v) is 5.99. The van der Waals surface area contributed by atoms with Gasteiger partial charge in [-0.05, 0) is 24.6 Å². The maximum absolute atomic E-state index is 12.7. The second kappa shape index (κ2) is 9.32. The first-order chi connectivity index (χ1) is 15.1. The Morgan fingerprint density at radius 1 is 1.13 bits per heavy atom. The van der Waals surface area contributed by atoms with Crippen LogP contribution in [0.25, 0.3) is 10.6 Å². The fraction of sp³-hybridized carbons (Fsp3) is 0.174. The molecule has 4 aromatic rings. The number of rotatable bonds is 7. The van der Waals surface area contributed by atoms with E-state index in [0.29, 0.717) is 17.9 Å². The SMILES string of the molecule is COc1ccccc1-c1nc(COC(=O)c2c(C)nn(Cc3ccccc3)c2Cl)cs1. The van der Waals surface area contributed by atoms with Gasteiger partial charge in [0.1, 0.15) is 28.1 Å². The van der Waals surface area contributed by atoms with Crippen LogP contribution >= 0.6 is 22.9 Å². The monoisotopic (exact) mass is 453 g/mol. The lowest BCUT2D eigenvalue weighted by atomic mass is 10.2. The predicted molar refractivity (Wildman–Crippen MR) is 121 cm³/mol. The highest BCUT2D eigenvalue weighted by atomic mass is 35.5. The van der Waals surface area contributed by atoms with Crippen LogP contribution in [-0.2, 0) is 17.9 Å². The number of ether oxygens (including phenoxy) is 2. The molecule has 31 heavy (non-hydrogen) atoms. The molecule has 0 aliphatic rings. The molecule has 0 amide bonds. The van der Waals surface area contributed by atoms with E-state index in [0.717, 1.165) is 21.9 Å². The first-order valence-corrected chi connectivity index (χ1v) is 10.8. The molecule has 2 aromatic heterocycles. The normalized spacial score (nSPS) is 10.8. The average Bonchev–Trinajstić information content (AvgIpc) is 3.37. The van der Waals surface area contributed by atoms with Crippen molar-refractivity contribution in [3.05, 3.63) is 87.6 Å². The Labute approximate surface area is 189 Å². The van der Waals surface area contributed by atoms with Crippen LogP contribution in [0.15, 0.2) is 60.0 Å². The Morgan fingerprint density at radius 3 is 2.65 bits per heavy atom. The number of aryl methyl sites for hydroxylation is 1. The standard InChI is InChI=1S/C23H20ClN3O3S/c1-15-20(21(24)27(26-15)12-16-8-4-3-5-9-16)23(28)30-13-17-14-31-22(25-17)18-10-6-7-11-19(18)29-2/h3-11,14H,12-13H2,1-2H3. The molecule has 0 bridgehead atoms. The Morgan fingerprint density at radius 2 is 1.87 bits per heavy atom. The first-order valence-electron chi connectivity index (χ1n) is 9.58. The minimum atomic E-state index is -0.520. The van der Waals surface area contributed by atoms with Gasteiger partial charge in [-0.3, -0.25) is 0 Å². The molecule has 0 fully saturated rings. The summed E-state index contributed by atoms with van der Waals surface area (Å²) in [7, 11) is 1.62. The quantitative estimate of drug-likeness (QED) is 0.351. The molecule has 158 valence electrons. The number of hydrogen-bond acceptors (Lipinski definition) is 6. The molecule has 0 spiro atoms. The molecule has 0 saturated carbocycles. The molecule has 0 N–H and O–H groups in total. The molecule has 8 heteroatoms. The summed E-state index contributed by atoms with van der Waals surface area (Å²) in [5.74, 6) is 0.224. The number of halogens is 1. The zero-order valence-corrected chi connectivity index (χ0v) is 18.6. The van der Waals surface area contributed by atoms with E-state index in [1.165, 1.54) is 11.3 Å². The highest BCUT2D eigenvalue weighted by Crippen LogP contribution is 2.32. The van der Waals surface area contributed by atoms with Crippen LogP contribution < -0.4 is 4.74 Å². The summed E-state index contributed by atoms with van der Waals surface area (Å²) in [5.41, 5.74) is 3.40. The minimum Gasteiger partial charge on any atom is -0.496 e. The van der Waals surface area contributed by atoms with Gasteiger partial charge in [0.25, 0.3) is 0 Å². The Hall–Kier alpha value is -3.16. The zero-order valence-electron chi connectivity index (χ0n) is 17.0. The summed E-state index contributed by atoms with van der Waals surface area (Å²) in [6.45, 7) is 2.26. The van der Waals surface area contributed by atoms with Crippen LogP contribution in [0.1, 0.15) is 27.3 Å². The summed E-state index contributed by atoms with van der Waals surface area (Å²) in [5, 5.41) is 7.33.